The normalized spacial score (nSPS) is 19.5. The van der Waals surface area contributed by atoms with Crippen molar-refractivity contribution in [1.82, 2.24) is 10.2 Å². The van der Waals surface area contributed by atoms with Gasteiger partial charge in [0.15, 0.2) is 0 Å². The molecule has 1 saturated heterocycles. The largest absolute Gasteiger partial charge is 0.468 e. The Morgan fingerprint density at radius 2 is 2.21 bits per heavy atom. The Labute approximate surface area is 114 Å². The second-order valence-electron chi connectivity index (χ2n) is 4.98. The van der Waals surface area contributed by atoms with Crippen LogP contribution in [0.1, 0.15) is 12.0 Å². The third-order valence-electron chi connectivity index (χ3n) is 3.59. The van der Waals surface area contributed by atoms with Crippen molar-refractivity contribution in [2.45, 2.75) is 18.9 Å². The lowest BCUT2D eigenvalue weighted by Gasteiger charge is -2.16. The summed E-state index contributed by atoms with van der Waals surface area (Å²) in [7, 11) is 1.42. The van der Waals surface area contributed by atoms with E-state index in [9.17, 15) is 4.79 Å². The Balaban J connectivity index is 1.66. The maximum absolute atomic E-state index is 11.1. The molecule has 4 heteroatoms. The Hall–Kier alpha value is -1.39. The third-order valence-corrected chi connectivity index (χ3v) is 3.59. The van der Waals surface area contributed by atoms with Gasteiger partial charge in [-0.15, -0.1) is 0 Å². The molecule has 0 radical (unpaired) electrons. The second kappa shape index (κ2) is 7.26. The van der Waals surface area contributed by atoms with Gasteiger partial charge >= 0.3 is 5.97 Å². The molecule has 19 heavy (non-hydrogen) atoms. The minimum absolute atomic E-state index is 0.192. The lowest BCUT2D eigenvalue weighted by molar-refractivity contribution is -0.139. The van der Waals surface area contributed by atoms with Crippen molar-refractivity contribution in [1.29, 1.82) is 0 Å². The minimum Gasteiger partial charge on any atom is -0.468 e. The Morgan fingerprint density at radius 1 is 1.42 bits per heavy atom. The van der Waals surface area contributed by atoms with Gasteiger partial charge in [0.05, 0.1) is 13.7 Å². The van der Waals surface area contributed by atoms with Crippen LogP contribution in [0.5, 0.6) is 0 Å². The van der Waals surface area contributed by atoms with E-state index in [0.717, 1.165) is 32.5 Å². The number of esters is 1. The summed E-state index contributed by atoms with van der Waals surface area (Å²) in [6.07, 6.45) is 2.19. The lowest BCUT2D eigenvalue weighted by atomic mass is 10.1. The molecule has 0 aliphatic carbocycles. The highest BCUT2D eigenvalue weighted by molar-refractivity contribution is 5.71. The number of hydrogen-bond acceptors (Lipinski definition) is 4. The monoisotopic (exact) mass is 262 g/mol. The van der Waals surface area contributed by atoms with E-state index >= 15 is 0 Å². The number of rotatable bonds is 6. The number of carbonyl (C=O) groups is 1. The number of likely N-dealkylation sites (tertiary alicyclic amines) is 1. The van der Waals surface area contributed by atoms with Crippen LogP contribution >= 0.6 is 0 Å². The van der Waals surface area contributed by atoms with E-state index in [1.807, 2.05) is 6.07 Å². The van der Waals surface area contributed by atoms with E-state index < -0.39 is 0 Å². The molecule has 1 aromatic rings. The van der Waals surface area contributed by atoms with Crippen molar-refractivity contribution < 1.29 is 9.53 Å². The fourth-order valence-corrected chi connectivity index (χ4v) is 2.43. The number of benzene rings is 1. The molecule has 0 spiro atoms. The molecule has 4 nitrogen and oxygen atoms in total. The SMILES string of the molecule is COC(=O)CNC1CCN(CCc2ccccc2)C1. The van der Waals surface area contributed by atoms with Gasteiger partial charge < -0.3 is 15.0 Å². The van der Waals surface area contributed by atoms with Crippen LogP contribution in [0.2, 0.25) is 0 Å². The molecule has 1 unspecified atom stereocenters. The molecule has 0 saturated carbocycles. The first kappa shape index (κ1) is 14.0. The van der Waals surface area contributed by atoms with Crippen molar-refractivity contribution in [2.24, 2.45) is 0 Å². The van der Waals surface area contributed by atoms with Crippen LogP contribution in [0, 0.1) is 0 Å². The van der Waals surface area contributed by atoms with Crippen LogP contribution in [0.15, 0.2) is 30.3 Å². The van der Waals surface area contributed by atoms with E-state index in [0.29, 0.717) is 12.6 Å². The maximum atomic E-state index is 11.1. The summed E-state index contributed by atoms with van der Waals surface area (Å²) >= 11 is 0. The average molecular weight is 262 g/mol. The molecule has 1 fully saturated rings. The summed E-state index contributed by atoms with van der Waals surface area (Å²) in [5.74, 6) is -0.192. The van der Waals surface area contributed by atoms with Crippen LogP contribution in [-0.2, 0) is 16.0 Å². The van der Waals surface area contributed by atoms with Crippen molar-refractivity contribution in [3.63, 3.8) is 0 Å². The highest BCUT2D eigenvalue weighted by Crippen LogP contribution is 2.10. The zero-order chi connectivity index (χ0) is 13.5. The molecule has 1 aliphatic heterocycles. The van der Waals surface area contributed by atoms with Gasteiger partial charge in [-0.2, -0.15) is 0 Å². The van der Waals surface area contributed by atoms with Crippen molar-refractivity contribution >= 4 is 5.97 Å². The van der Waals surface area contributed by atoms with Crippen LogP contribution in [-0.4, -0.2) is 50.2 Å². The van der Waals surface area contributed by atoms with Gasteiger partial charge in [0.25, 0.3) is 0 Å². The fraction of sp³-hybridized carbons (Fsp3) is 0.533. The first-order chi connectivity index (χ1) is 9.28. The quantitative estimate of drug-likeness (QED) is 0.779. The summed E-state index contributed by atoms with van der Waals surface area (Å²) in [6, 6.07) is 11.0. The Morgan fingerprint density at radius 3 is 2.95 bits per heavy atom. The molecule has 0 bridgehead atoms. The highest BCUT2D eigenvalue weighted by atomic mass is 16.5. The van der Waals surface area contributed by atoms with Gasteiger partial charge in [-0.05, 0) is 24.9 Å². The summed E-state index contributed by atoms with van der Waals surface area (Å²) in [6.45, 7) is 3.52. The predicted octanol–water partition coefficient (Wildman–Crippen LogP) is 1.07. The van der Waals surface area contributed by atoms with Crippen LogP contribution in [0.3, 0.4) is 0 Å². The molecule has 1 heterocycles. The number of ether oxygens (including phenoxy) is 1. The summed E-state index contributed by atoms with van der Waals surface area (Å²) in [4.78, 5) is 13.5. The van der Waals surface area contributed by atoms with Gasteiger partial charge in [-0.3, -0.25) is 4.79 Å². The highest BCUT2D eigenvalue weighted by Gasteiger charge is 2.22. The zero-order valence-electron chi connectivity index (χ0n) is 11.5. The molecule has 1 N–H and O–H groups in total. The Kier molecular flexibility index (Phi) is 5.36. The fourth-order valence-electron chi connectivity index (χ4n) is 2.43. The number of carbonyl (C=O) groups excluding carboxylic acids is 1. The molecule has 0 amide bonds. The van der Waals surface area contributed by atoms with Crippen molar-refractivity contribution in [3.05, 3.63) is 35.9 Å². The van der Waals surface area contributed by atoms with E-state index in [1.54, 1.807) is 0 Å². The third kappa shape index (κ3) is 4.65. The van der Waals surface area contributed by atoms with E-state index in [-0.39, 0.29) is 5.97 Å². The molecular formula is C15H22N2O2. The van der Waals surface area contributed by atoms with E-state index in [1.165, 1.54) is 12.7 Å². The van der Waals surface area contributed by atoms with Crippen LogP contribution in [0.4, 0.5) is 0 Å². The lowest BCUT2D eigenvalue weighted by Crippen LogP contribution is -2.36. The van der Waals surface area contributed by atoms with Crippen molar-refractivity contribution in [3.8, 4) is 0 Å². The van der Waals surface area contributed by atoms with Gasteiger partial charge in [0, 0.05) is 19.1 Å². The molecule has 1 aliphatic rings. The van der Waals surface area contributed by atoms with Gasteiger partial charge in [-0.25, -0.2) is 0 Å². The standard InChI is InChI=1S/C15H22N2O2/c1-19-15(18)11-16-14-8-10-17(12-14)9-7-13-5-3-2-4-6-13/h2-6,14,16H,7-12H2,1H3. The average Bonchev–Trinajstić information content (AvgIpc) is 2.91. The number of hydrogen-bond donors (Lipinski definition) is 1. The molecule has 1 aromatic carbocycles. The Bertz CT molecular complexity index is 394. The van der Waals surface area contributed by atoms with E-state index in [4.69, 9.17) is 0 Å². The van der Waals surface area contributed by atoms with Crippen molar-refractivity contribution in [2.75, 3.05) is 33.3 Å². The molecule has 0 aromatic heterocycles. The van der Waals surface area contributed by atoms with Gasteiger partial charge in [0.2, 0.25) is 0 Å². The molecular weight excluding hydrogens is 240 g/mol. The van der Waals surface area contributed by atoms with E-state index in [2.05, 4.69) is 39.2 Å². The van der Waals surface area contributed by atoms with Crippen LogP contribution in [0.25, 0.3) is 0 Å². The summed E-state index contributed by atoms with van der Waals surface area (Å²) in [5.41, 5.74) is 1.38. The first-order valence-corrected chi connectivity index (χ1v) is 6.84. The maximum Gasteiger partial charge on any atom is 0.319 e. The number of nitrogens with one attached hydrogen (secondary N) is 1. The molecule has 2 rings (SSSR count). The molecule has 104 valence electrons. The number of methoxy groups -OCH3 is 1. The van der Waals surface area contributed by atoms with Gasteiger partial charge in [-0.1, -0.05) is 30.3 Å². The first-order valence-electron chi connectivity index (χ1n) is 6.84. The smallest absolute Gasteiger partial charge is 0.319 e. The predicted molar refractivity (Wildman–Crippen MR) is 75.0 cm³/mol. The topological polar surface area (TPSA) is 41.6 Å². The summed E-state index contributed by atoms with van der Waals surface area (Å²) < 4.78 is 4.63. The number of nitrogens with zero attached hydrogens (tertiary/aromatic N) is 1. The minimum atomic E-state index is -0.192. The van der Waals surface area contributed by atoms with Crippen LogP contribution < -0.4 is 5.32 Å². The molecule has 1 atom stereocenters. The summed E-state index contributed by atoms with van der Waals surface area (Å²) in [5, 5.41) is 3.24. The zero-order valence-corrected chi connectivity index (χ0v) is 11.5. The second-order valence-corrected chi connectivity index (χ2v) is 4.98. The van der Waals surface area contributed by atoms with Gasteiger partial charge in [0.1, 0.15) is 0 Å².